The van der Waals surface area contributed by atoms with Gasteiger partial charge in [0.2, 0.25) is 0 Å². The summed E-state index contributed by atoms with van der Waals surface area (Å²) in [5.41, 5.74) is 8.52. The number of aromatic nitrogens is 3. The second-order valence-electron chi connectivity index (χ2n) is 4.70. The van der Waals surface area contributed by atoms with Crippen molar-refractivity contribution in [2.24, 2.45) is 12.8 Å². The van der Waals surface area contributed by atoms with Gasteiger partial charge in [-0.1, -0.05) is 23.4 Å². The van der Waals surface area contributed by atoms with Gasteiger partial charge >= 0.3 is 0 Å². The molecule has 0 saturated carbocycles. The van der Waals surface area contributed by atoms with Crippen LogP contribution in [0.3, 0.4) is 0 Å². The van der Waals surface area contributed by atoms with Crippen molar-refractivity contribution in [1.29, 1.82) is 0 Å². The number of fused-ring (bicyclic) bond motifs is 1. The van der Waals surface area contributed by atoms with Crippen molar-refractivity contribution in [2.75, 3.05) is 6.61 Å². The van der Waals surface area contributed by atoms with Crippen LogP contribution in [0.15, 0.2) is 28.9 Å². The van der Waals surface area contributed by atoms with Gasteiger partial charge < -0.3 is 10.5 Å². The molecule has 100 valence electrons. The lowest BCUT2D eigenvalue weighted by Gasteiger charge is -2.30. The predicted molar refractivity (Wildman–Crippen MR) is 74.9 cm³/mol. The molecule has 0 amide bonds. The zero-order chi connectivity index (χ0) is 13.4. The lowest BCUT2D eigenvalue weighted by atomic mass is 9.85. The van der Waals surface area contributed by atoms with Crippen LogP contribution in [0.4, 0.5) is 0 Å². The van der Waals surface area contributed by atoms with E-state index >= 15 is 0 Å². The molecule has 2 aromatic rings. The van der Waals surface area contributed by atoms with Crippen LogP contribution in [-0.2, 0) is 7.05 Å². The number of hydrogen-bond donors (Lipinski definition) is 1. The highest BCUT2D eigenvalue weighted by Crippen LogP contribution is 2.41. The molecule has 5 nitrogen and oxygen atoms in total. The fourth-order valence-electron chi connectivity index (χ4n) is 2.63. The van der Waals surface area contributed by atoms with Crippen LogP contribution in [0, 0.1) is 0 Å². The fraction of sp³-hybridized carbons (Fsp3) is 0.385. The third-order valence-corrected chi connectivity index (χ3v) is 4.15. The summed E-state index contributed by atoms with van der Waals surface area (Å²) < 4.78 is 8.12. The summed E-state index contributed by atoms with van der Waals surface area (Å²) in [7, 11) is 1.86. The summed E-state index contributed by atoms with van der Waals surface area (Å²) in [6, 6.07) is 7.92. The Hall–Kier alpha value is -1.40. The Balaban J connectivity index is 2.00. The van der Waals surface area contributed by atoms with Crippen LogP contribution in [0.2, 0.25) is 0 Å². The molecule has 0 bridgehead atoms. The average Bonchev–Trinajstić information content (AvgIpc) is 2.77. The van der Waals surface area contributed by atoms with Gasteiger partial charge in [-0.2, -0.15) is 0 Å². The Morgan fingerprint density at radius 1 is 1.47 bits per heavy atom. The molecule has 2 atom stereocenters. The van der Waals surface area contributed by atoms with Crippen molar-refractivity contribution in [3.05, 3.63) is 40.1 Å². The Kier molecular flexibility index (Phi) is 3.28. The highest BCUT2D eigenvalue weighted by atomic mass is 79.9. The van der Waals surface area contributed by atoms with Crippen LogP contribution >= 0.6 is 15.9 Å². The smallest absolute Gasteiger partial charge is 0.153 e. The third kappa shape index (κ3) is 2.15. The number of rotatable bonds is 2. The quantitative estimate of drug-likeness (QED) is 0.920. The minimum atomic E-state index is -0.153. The monoisotopic (exact) mass is 322 g/mol. The number of benzene rings is 1. The first-order valence-electron chi connectivity index (χ1n) is 6.21. The summed E-state index contributed by atoms with van der Waals surface area (Å²) in [6.07, 6.45) is 0.899. The summed E-state index contributed by atoms with van der Waals surface area (Å²) in [5.74, 6) is 1.15. The Morgan fingerprint density at radius 3 is 3.00 bits per heavy atom. The molecule has 0 aliphatic carbocycles. The largest absolute Gasteiger partial charge is 0.493 e. The number of ether oxygens (including phenoxy) is 1. The minimum Gasteiger partial charge on any atom is -0.493 e. The first kappa shape index (κ1) is 12.6. The van der Waals surface area contributed by atoms with Gasteiger partial charge in [0, 0.05) is 13.0 Å². The van der Waals surface area contributed by atoms with Crippen molar-refractivity contribution in [3.8, 4) is 5.75 Å². The summed E-state index contributed by atoms with van der Waals surface area (Å²) in [5, 5.41) is 8.00. The molecule has 1 aromatic heterocycles. The Morgan fingerprint density at radius 2 is 2.26 bits per heavy atom. The average molecular weight is 323 g/mol. The van der Waals surface area contributed by atoms with E-state index in [2.05, 4.69) is 32.3 Å². The van der Waals surface area contributed by atoms with Crippen molar-refractivity contribution in [1.82, 2.24) is 15.0 Å². The molecule has 0 fully saturated rings. The lowest BCUT2D eigenvalue weighted by molar-refractivity contribution is 0.253. The van der Waals surface area contributed by atoms with E-state index < -0.39 is 0 Å². The molecule has 1 aliphatic heterocycles. The molecular weight excluding hydrogens is 308 g/mol. The first-order valence-corrected chi connectivity index (χ1v) is 7.00. The molecular formula is C13H15BrN4O. The summed E-state index contributed by atoms with van der Waals surface area (Å²) in [6.45, 7) is 0.693. The van der Waals surface area contributed by atoms with Crippen LogP contribution in [-0.4, -0.2) is 21.6 Å². The molecule has 2 unspecified atom stereocenters. The molecule has 0 saturated heterocycles. The van der Waals surface area contributed by atoms with E-state index in [9.17, 15) is 0 Å². The van der Waals surface area contributed by atoms with E-state index in [1.165, 1.54) is 0 Å². The molecule has 2 heterocycles. The number of halogens is 1. The zero-order valence-corrected chi connectivity index (χ0v) is 12.2. The van der Waals surface area contributed by atoms with Gasteiger partial charge in [0.25, 0.3) is 0 Å². The van der Waals surface area contributed by atoms with Crippen LogP contribution in [0.1, 0.15) is 29.6 Å². The highest BCUT2D eigenvalue weighted by Gasteiger charge is 2.30. The van der Waals surface area contributed by atoms with Gasteiger partial charge in [0.1, 0.15) is 5.75 Å². The Bertz CT molecular complexity index is 579. The zero-order valence-electron chi connectivity index (χ0n) is 10.6. The van der Waals surface area contributed by atoms with E-state index in [0.717, 1.165) is 23.4 Å². The van der Waals surface area contributed by atoms with E-state index in [-0.39, 0.29) is 12.0 Å². The molecule has 0 spiro atoms. The first-order chi connectivity index (χ1) is 9.18. The van der Waals surface area contributed by atoms with Crippen molar-refractivity contribution in [3.63, 3.8) is 0 Å². The minimum absolute atomic E-state index is 0.153. The SMILES string of the molecule is Cn1nnc(Br)c1C(N)C1CCOc2ccccc21. The van der Waals surface area contributed by atoms with Gasteiger partial charge in [-0.25, -0.2) is 4.68 Å². The van der Waals surface area contributed by atoms with E-state index in [1.807, 2.05) is 25.2 Å². The highest BCUT2D eigenvalue weighted by molar-refractivity contribution is 9.10. The van der Waals surface area contributed by atoms with Crippen molar-refractivity contribution >= 4 is 15.9 Å². The van der Waals surface area contributed by atoms with Gasteiger partial charge in [0.05, 0.1) is 18.3 Å². The maximum atomic E-state index is 6.44. The van der Waals surface area contributed by atoms with Crippen LogP contribution < -0.4 is 10.5 Å². The number of nitrogens with zero attached hydrogens (tertiary/aromatic N) is 3. The number of aryl methyl sites for hydroxylation is 1. The molecule has 3 rings (SSSR count). The maximum absolute atomic E-state index is 6.44. The Labute approximate surface area is 119 Å². The normalized spacial score (nSPS) is 19.6. The fourth-order valence-corrected chi connectivity index (χ4v) is 3.22. The summed E-state index contributed by atoms with van der Waals surface area (Å²) >= 11 is 3.42. The second-order valence-corrected chi connectivity index (χ2v) is 5.45. The maximum Gasteiger partial charge on any atom is 0.153 e. The third-order valence-electron chi connectivity index (χ3n) is 3.58. The van der Waals surface area contributed by atoms with E-state index in [4.69, 9.17) is 10.5 Å². The van der Waals surface area contributed by atoms with Gasteiger partial charge in [-0.15, -0.1) is 5.10 Å². The van der Waals surface area contributed by atoms with Gasteiger partial charge in [0.15, 0.2) is 4.60 Å². The lowest BCUT2D eigenvalue weighted by Crippen LogP contribution is -2.27. The standard InChI is InChI=1S/C13H15BrN4O/c1-18-12(13(14)16-17-18)11(15)9-6-7-19-10-5-3-2-4-8(9)10/h2-5,9,11H,6-7,15H2,1H3. The second kappa shape index (κ2) is 4.94. The predicted octanol–water partition coefficient (Wildman–Crippen LogP) is 2.14. The molecule has 1 aliphatic rings. The molecule has 1 aromatic carbocycles. The number of hydrogen-bond acceptors (Lipinski definition) is 4. The molecule has 0 radical (unpaired) electrons. The van der Waals surface area contributed by atoms with Crippen molar-refractivity contribution < 1.29 is 4.74 Å². The van der Waals surface area contributed by atoms with Crippen LogP contribution in [0.5, 0.6) is 5.75 Å². The molecule has 2 N–H and O–H groups in total. The number of nitrogens with two attached hydrogens (primary N) is 1. The van der Waals surface area contributed by atoms with Crippen LogP contribution in [0.25, 0.3) is 0 Å². The van der Waals surface area contributed by atoms with E-state index in [0.29, 0.717) is 11.2 Å². The molecule has 6 heteroatoms. The molecule has 19 heavy (non-hydrogen) atoms. The number of para-hydroxylation sites is 1. The van der Waals surface area contributed by atoms with Gasteiger partial charge in [-0.3, -0.25) is 0 Å². The summed E-state index contributed by atoms with van der Waals surface area (Å²) in [4.78, 5) is 0. The van der Waals surface area contributed by atoms with Gasteiger partial charge in [-0.05, 0) is 34.0 Å². The topological polar surface area (TPSA) is 66.0 Å². The van der Waals surface area contributed by atoms with E-state index in [1.54, 1.807) is 4.68 Å². The van der Waals surface area contributed by atoms with Crippen molar-refractivity contribution in [2.45, 2.75) is 18.4 Å².